The van der Waals surface area contributed by atoms with Gasteiger partial charge in [0.1, 0.15) is 6.04 Å². The number of carbonyl (C=O) groups excluding carboxylic acids is 1. The molecule has 3 aromatic rings. The molecule has 5 nitrogen and oxygen atoms in total. The van der Waals surface area contributed by atoms with E-state index in [1.165, 1.54) is 5.56 Å². The zero-order valence-corrected chi connectivity index (χ0v) is 14.3. The maximum Gasteiger partial charge on any atom is 0.247 e. The summed E-state index contributed by atoms with van der Waals surface area (Å²) in [5.41, 5.74) is 2.30. The van der Waals surface area contributed by atoms with Crippen LogP contribution in [0, 0.1) is 0 Å². The summed E-state index contributed by atoms with van der Waals surface area (Å²) >= 11 is 0. The Morgan fingerprint density at radius 3 is 2.48 bits per heavy atom. The standard InChI is InChI=1S/C20H22N4O/c1-17(24-14-5-11-22-24)20(25)23(16-19-8-12-21-13-9-19)15-10-18-6-3-2-4-7-18/h2-9,11-14,17H,10,15-16H2,1H3/t17-/m0/s1. The fourth-order valence-corrected chi connectivity index (χ4v) is 2.77. The minimum Gasteiger partial charge on any atom is -0.336 e. The number of amides is 1. The van der Waals surface area contributed by atoms with E-state index < -0.39 is 0 Å². The molecule has 128 valence electrons. The van der Waals surface area contributed by atoms with Crippen LogP contribution in [-0.2, 0) is 17.8 Å². The van der Waals surface area contributed by atoms with Gasteiger partial charge in [-0.1, -0.05) is 30.3 Å². The first-order chi connectivity index (χ1) is 12.2. The molecule has 0 radical (unpaired) electrons. The van der Waals surface area contributed by atoms with Crippen molar-refractivity contribution in [1.82, 2.24) is 19.7 Å². The van der Waals surface area contributed by atoms with Gasteiger partial charge in [0.25, 0.3) is 0 Å². The predicted molar refractivity (Wildman–Crippen MR) is 96.7 cm³/mol. The summed E-state index contributed by atoms with van der Waals surface area (Å²) < 4.78 is 1.70. The van der Waals surface area contributed by atoms with E-state index in [0.29, 0.717) is 13.1 Å². The molecule has 0 fully saturated rings. The molecule has 2 aromatic heterocycles. The van der Waals surface area contributed by atoms with E-state index in [0.717, 1.165) is 12.0 Å². The molecule has 3 rings (SSSR count). The molecule has 0 aliphatic heterocycles. The molecule has 1 aromatic carbocycles. The topological polar surface area (TPSA) is 51.0 Å². The fourth-order valence-electron chi connectivity index (χ4n) is 2.77. The molecule has 2 heterocycles. The SMILES string of the molecule is C[C@@H](C(=O)N(CCc1ccccc1)Cc1ccncc1)n1cccn1. The molecule has 0 saturated heterocycles. The molecule has 0 aliphatic rings. The van der Waals surface area contributed by atoms with Gasteiger partial charge in [-0.3, -0.25) is 14.5 Å². The molecular formula is C20H22N4O. The molecule has 5 heteroatoms. The van der Waals surface area contributed by atoms with Gasteiger partial charge in [-0.15, -0.1) is 0 Å². The van der Waals surface area contributed by atoms with E-state index in [4.69, 9.17) is 0 Å². The highest BCUT2D eigenvalue weighted by molar-refractivity contribution is 5.80. The van der Waals surface area contributed by atoms with Crippen molar-refractivity contribution in [1.29, 1.82) is 0 Å². The van der Waals surface area contributed by atoms with Crippen LogP contribution >= 0.6 is 0 Å². The highest BCUT2D eigenvalue weighted by Gasteiger charge is 2.22. The molecule has 0 bridgehead atoms. The monoisotopic (exact) mass is 334 g/mol. The number of nitrogens with zero attached hydrogens (tertiary/aromatic N) is 4. The van der Waals surface area contributed by atoms with Crippen molar-refractivity contribution in [3.63, 3.8) is 0 Å². The van der Waals surface area contributed by atoms with Crippen LogP contribution in [0.3, 0.4) is 0 Å². The second-order valence-electron chi connectivity index (χ2n) is 6.01. The molecule has 0 N–H and O–H groups in total. The number of aromatic nitrogens is 3. The van der Waals surface area contributed by atoms with Crippen molar-refractivity contribution in [2.24, 2.45) is 0 Å². The van der Waals surface area contributed by atoms with Gasteiger partial charge in [0, 0.05) is 37.9 Å². The molecule has 25 heavy (non-hydrogen) atoms. The van der Waals surface area contributed by atoms with E-state index in [-0.39, 0.29) is 11.9 Å². The maximum absolute atomic E-state index is 13.0. The highest BCUT2D eigenvalue weighted by Crippen LogP contribution is 2.13. The summed E-state index contributed by atoms with van der Waals surface area (Å²) in [4.78, 5) is 19.0. The summed E-state index contributed by atoms with van der Waals surface area (Å²) in [6.07, 6.45) is 7.85. The normalized spacial score (nSPS) is 11.9. The van der Waals surface area contributed by atoms with E-state index in [9.17, 15) is 4.79 Å². The lowest BCUT2D eigenvalue weighted by atomic mass is 10.1. The summed E-state index contributed by atoms with van der Waals surface area (Å²) in [5, 5.41) is 4.20. The second-order valence-corrected chi connectivity index (χ2v) is 6.01. The summed E-state index contributed by atoms with van der Waals surface area (Å²) in [5.74, 6) is 0.0662. The fraction of sp³-hybridized carbons (Fsp3) is 0.250. The van der Waals surface area contributed by atoms with Crippen LogP contribution in [0.25, 0.3) is 0 Å². The molecule has 0 saturated carbocycles. The Balaban J connectivity index is 1.74. The number of carbonyl (C=O) groups is 1. The van der Waals surface area contributed by atoms with Crippen LogP contribution in [0.5, 0.6) is 0 Å². The van der Waals surface area contributed by atoms with Crippen molar-refractivity contribution in [3.05, 3.63) is 84.4 Å². The molecule has 0 spiro atoms. The predicted octanol–water partition coefficient (Wildman–Crippen LogP) is 3.11. The molecule has 0 unspecified atom stereocenters. The van der Waals surface area contributed by atoms with Crippen LogP contribution < -0.4 is 0 Å². The minimum absolute atomic E-state index is 0.0662. The van der Waals surface area contributed by atoms with Gasteiger partial charge in [0.05, 0.1) is 0 Å². The van der Waals surface area contributed by atoms with Gasteiger partial charge in [0.2, 0.25) is 5.91 Å². The Hall–Kier alpha value is -2.95. The zero-order valence-electron chi connectivity index (χ0n) is 14.3. The average molecular weight is 334 g/mol. The Morgan fingerprint density at radius 2 is 1.80 bits per heavy atom. The minimum atomic E-state index is -0.326. The van der Waals surface area contributed by atoms with Crippen molar-refractivity contribution < 1.29 is 4.79 Å². The van der Waals surface area contributed by atoms with Crippen molar-refractivity contribution >= 4 is 5.91 Å². The summed E-state index contributed by atoms with van der Waals surface area (Å²) in [6.45, 7) is 3.12. The Bertz CT molecular complexity index is 772. The van der Waals surface area contributed by atoms with E-state index in [1.54, 1.807) is 23.3 Å². The third-order valence-electron chi connectivity index (χ3n) is 4.23. The third-order valence-corrected chi connectivity index (χ3v) is 4.23. The van der Waals surface area contributed by atoms with Crippen LogP contribution in [-0.4, -0.2) is 32.1 Å². The number of rotatable bonds is 7. The lowest BCUT2D eigenvalue weighted by molar-refractivity contribution is -0.135. The number of hydrogen-bond donors (Lipinski definition) is 0. The lowest BCUT2D eigenvalue weighted by Gasteiger charge is -2.26. The summed E-state index contributed by atoms with van der Waals surface area (Å²) in [7, 11) is 0. The van der Waals surface area contributed by atoms with Gasteiger partial charge in [0.15, 0.2) is 0 Å². The Labute approximate surface area is 147 Å². The first-order valence-electron chi connectivity index (χ1n) is 8.45. The first-order valence-corrected chi connectivity index (χ1v) is 8.45. The molecule has 1 amide bonds. The Morgan fingerprint density at radius 1 is 1.04 bits per heavy atom. The van der Waals surface area contributed by atoms with Gasteiger partial charge in [-0.25, -0.2) is 0 Å². The highest BCUT2D eigenvalue weighted by atomic mass is 16.2. The number of pyridine rings is 1. The van der Waals surface area contributed by atoms with Crippen LogP contribution in [0.4, 0.5) is 0 Å². The van der Waals surface area contributed by atoms with Gasteiger partial charge < -0.3 is 4.90 Å². The van der Waals surface area contributed by atoms with E-state index in [1.807, 2.05) is 54.4 Å². The lowest BCUT2D eigenvalue weighted by Crippen LogP contribution is -2.37. The van der Waals surface area contributed by atoms with Gasteiger partial charge >= 0.3 is 0 Å². The second kappa shape index (κ2) is 8.24. The quantitative estimate of drug-likeness (QED) is 0.667. The molecule has 1 atom stereocenters. The first kappa shape index (κ1) is 16.9. The zero-order chi connectivity index (χ0) is 17.5. The Kier molecular flexibility index (Phi) is 5.57. The van der Waals surface area contributed by atoms with Crippen LogP contribution in [0.15, 0.2) is 73.3 Å². The number of benzene rings is 1. The van der Waals surface area contributed by atoms with Crippen LogP contribution in [0.2, 0.25) is 0 Å². The summed E-state index contributed by atoms with van der Waals surface area (Å²) in [6, 6.07) is 15.6. The van der Waals surface area contributed by atoms with Crippen molar-refractivity contribution in [3.8, 4) is 0 Å². The van der Waals surface area contributed by atoms with E-state index >= 15 is 0 Å². The largest absolute Gasteiger partial charge is 0.336 e. The number of hydrogen-bond acceptors (Lipinski definition) is 3. The van der Waals surface area contributed by atoms with Crippen molar-refractivity contribution in [2.75, 3.05) is 6.54 Å². The van der Waals surface area contributed by atoms with Gasteiger partial charge in [-0.05, 0) is 42.7 Å². The third kappa shape index (κ3) is 4.53. The molecule has 0 aliphatic carbocycles. The average Bonchev–Trinajstić information content (AvgIpc) is 3.20. The van der Waals surface area contributed by atoms with Crippen LogP contribution in [0.1, 0.15) is 24.1 Å². The molecular weight excluding hydrogens is 312 g/mol. The maximum atomic E-state index is 13.0. The smallest absolute Gasteiger partial charge is 0.247 e. The van der Waals surface area contributed by atoms with Gasteiger partial charge in [-0.2, -0.15) is 5.10 Å². The van der Waals surface area contributed by atoms with Crippen molar-refractivity contribution in [2.45, 2.75) is 25.9 Å². The van der Waals surface area contributed by atoms with E-state index in [2.05, 4.69) is 22.2 Å².